The molecule has 0 saturated heterocycles. The standard InChI is InChI=1S/C19H23NO4/c1-3-23-12-10-20-11-13-24-18-9-8-17(19(22)14(2)21)15-6-4-5-7-16(15)18/h4-9,20H,3,10-13H2,1-2H3. The Morgan fingerprint density at radius 1 is 1.00 bits per heavy atom. The van der Waals surface area contributed by atoms with Gasteiger partial charge in [0.05, 0.1) is 6.61 Å². The highest BCUT2D eigenvalue weighted by Crippen LogP contribution is 2.29. The van der Waals surface area contributed by atoms with Crippen LogP contribution in [0.4, 0.5) is 0 Å². The zero-order chi connectivity index (χ0) is 17.4. The van der Waals surface area contributed by atoms with Crippen LogP contribution in [0.25, 0.3) is 10.8 Å². The molecule has 5 heteroatoms. The lowest BCUT2D eigenvalue weighted by Gasteiger charge is -2.12. The Labute approximate surface area is 141 Å². The van der Waals surface area contributed by atoms with Crippen LogP contribution in [0.15, 0.2) is 36.4 Å². The number of carbonyl (C=O) groups excluding carboxylic acids is 2. The number of Topliss-reactive ketones (excluding diaryl/α,β-unsaturated/α-hetero) is 2. The summed E-state index contributed by atoms with van der Waals surface area (Å²) < 4.78 is 11.1. The van der Waals surface area contributed by atoms with E-state index < -0.39 is 11.6 Å². The van der Waals surface area contributed by atoms with E-state index in [1.165, 1.54) is 6.92 Å². The van der Waals surface area contributed by atoms with Crippen molar-refractivity contribution in [2.45, 2.75) is 13.8 Å². The molecular formula is C19H23NO4. The van der Waals surface area contributed by atoms with E-state index in [2.05, 4.69) is 5.32 Å². The minimum atomic E-state index is -0.477. The largest absolute Gasteiger partial charge is 0.492 e. The summed E-state index contributed by atoms with van der Waals surface area (Å²) in [7, 11) is 0. The van der Waals surface area contributed by atoms with Gasteiger partial charge in [-0.25, -0.2) is 0 Å². The summed E-state index contributed by atoms with van der Waals surface area (Å²) in [6.45, 7) is 6.65. The zero-order valence-electron chi connectivity index (χ0n) is 14.1. The second-order valence-corrected chi connectivity index (χ2v) is 5.34. The van der Waals surface area contributed by atoms with Crippen LogP contribution in [0.5, 0.6) is 5.75 Å². The smallest absolute Gasteiger partial charge is 0.228 e. The molecule has 128 valence electrons. The fraction of sp³-hybridized carbons (Fsp3) is 0.368. The monoisotopic (exact) mass is 329 g/mol. The maximum atomic E-state index is 12.0. The van der Waals surface area contributed by atoms with E-state index in [4.69, 9.17) is 9.47 Å². The first kappa shape index (κ1) is 18.1. The SMILES string of the molecule is CCOCCNCCOc1ccc(C(=O)C(C)=O)c2ccccc12. The Morgan fingerprint density at radius 3 is 2.42 bits per heavy atom. The topological polar surface area (TPSA) is 64.6 Å². The summed E-state index contributed by atoms with van der Waals surface area (Å²) in [6, 6.07) is 10.9. The van der Waals surface area contributed by atoms with E-state index in [1.807, 2.05) is 31.2 Å². The summed E-state index contributed by atoms with van der Waals surface area (Å²) in [6.07, 6.45) is 0. The molecule has 0 aromatic heterocycles. The van der Waals surface area contributed by atoms with E-state index in [0.29, 0.717) is 31.1 Å². The van der Waals surface area contributed by atoms with E-state index in [9.17, 15) is 9.59 Å². The Bertz CT molecular complexity index is 712. The Balaban J connectivity index is 2.05. The normalized spacial score (nSPS) is 10.8. The molecule has 2 aromatic rings. The molecule has 0 bridgehead atoms. The molecule has 0 aliphatic carbocycles. The van der Waals surface area contributed by atoms with Crippen molar-refractivity contribution in [3.63, 3.8) is 0 Å². The first-order valence-electron chi connectivity index (χ1n) is 8.13. The molecular weight excluding hydrogens is 306 g/mol. The van der Waals surface area contributed by atoms with Crippen LogP contribution in [0.2, 0.25) is 0 Å². The van der Waals surface area contributed by atoms with Crippen LogP contribution in [0, 0.1) is 0 Å². The van der Waals surface area contributed by atoms with Gasteiger partial charge in [0.15, 0.2) is 5.78 Å². The van der Waals surface area contributed by atoms with Gasteiger partial charge >= 0.3 is 0 Å². The molecule has 0 aliphatic rings. The number of nitrogens with one attached hydrogen (secondary N) is 1. The molecule has 0 aliphatic heterocycles. The lowest BCUT2D eigenvalue weighted by molar-refractivity contribution is -0.113. The summed E-state index contributed by atoms with van der Waals surface area (Å²) in [5, 5.41) is 4.80. The maximum Gasteiger partial charge on any atom is 0.228 e. The van der Waals surface area contributed by atoms with Gasteiger partial charge in [-0.15, -0.1) is 0 Å². The molecule has 0 saturated carbocycles. The first-order chi connectivity index (χ1) is 11.6. The minimum absolute atomic E-state index is 0.417. The van der Waals surface area contributed by atoms with Gasteiger partial charge in [0.2, 0.25) is 5.78 Å². The van der Waals surface area contributed by atoms with E-state index in [-0.39, 0.29) is 0 Å². The van der Waals surface area contributed by atoms with Gasteiger partial charge in [0, 0.05) is 37.6 Å². The third-order valence-electron chi connectivity index (χ3n) is 3.61. The molecule has 0 spiro atoms. The zero-order valence-corrected chi connectivity index (χ0v) is 14.1. The van der Waals surface area contributed by atoms with Crippen molar-refractivity contribution in [2.24, 2.45) is 0 Å². The molecule has 5 nitrogen and oxygen atoms in total. The molecule has 0 atom stereocenters. The molecule has 1 N–H and O–H groups in total. The van der Waals surface area contributed by atoms with Crippen LogP contribution in [0.3, 0.4) is 0 Å². The molecule has 0 radical (unpaired) electrons. The van der Waals surface area contributed by atoms with Gasteiger partial charge < -0.3 is 14.8 Å². The third-order valence-corrected chi connectivity index (χ3v) is 3.61. The lowest BCUT2D eigenvalue weighted by Crippen LogP contribution is -2.25. The molecule has 2 aromatic carbocycles. The van der Waals surface area contributed by atoms with Gasteiger partial charge in [-0.1, -0.05) is 24.3 Å². The summed E-state index contributed by atoms with van der Waals surface area (Å²) in [5.74, 6) is -0.236. The van der Waals surface area contributed by atoms with Gasteiger partial charge in [0.1, 0.15) is 12.4 Å². The second kappa shape index (κ2) is 9.15. The average Bonchev–Trinajstić information content (AvgIpc) is 2.60. The molecule has 0 amide bonds. The van der Waals surface area contributed by atoms with Crippen molar-refractivity contribution in [2.75, 3.05) is 32.9 Å². The number of rotatable bonds is 10. The van der Waals surface area contributed by atoms with Crippen molar-refractivity contribution in [1.82, 2.24) is 5.32 Å². The number of ether oxygens (including phenoxy) is 2. The van der Waals surface area contributed by atoms with Crippen LogP contribution in [-0.4, -0.2) is 44.5 Å². The minimum Gasteiger partial charge on any atom is -0.492 e. The third kappa shape index (κ3) is 4.63. The predicted octanol–water partition coefficient (Wildman–Crippen LogP) is 2.62. The van der Waals surface area contributed by atoms with E-state index in [0.717, 1.165) is 23.9 Å². The number of ketones is 2. The van der Waals surface area contributed by atoms with Crippen molar-refractivity contribution < 1.29 is 19.1 Å². The first-order valence-corrected chi connectivity index (χ1v) is 8.13. The molecule has 24 heavy (non-hydrogen) atoms. The maximum absolute atomic E-state index is 12.0. The Morgan fingerprint density at radius 2 is 1.71 bits per heavy atom. The highest BCUT2D eigenvalue weighted by atomic mass is 16.5. The summed E-state index contributed by atoms with van der Waals surface area (Å²) in [4.78, 5) is 23.4. The second-order valence-electron chi connectivity index (χ2n) is 5.34. The predicted molar refractivity (Wildman–Crippen MR) is 93.8 cm³/mol. The van der Waals surface area contributed by atoms with Crippen LogP contribution >= 0.6 is 0 Å². The molecule has 0 heterocycles. The van der Waals surface area contributed by atoms with Crippen molar-refractivity contribution in [3.05, 3.63) is 42.0 Å². The van der Waals surface area contributed by atoms with Crippen LogP contribution in [-0.2, 0) is 9.53 Å². The van der Waals surface area contributed by atoms with Gasteiger partial charge in [0.25, 0.3) is 0 Å². The number of carbonyl (C=O) groups is 2. The van der Waals surface area contributed by atoms with Crippen molar-refractivity contribution in [1.29, 1.82) is 0 Å². The quantitative estimate of drug-likeness (QED) is 0.412. The molecule has 2 rings (SSSR count). The van der Waals surface area contributed by atoms with Gasteiger partial charge in [-0.05, 0) is 24.4 Å². The van der Waals surface area contributed by atoms with E-state index in [1.54, 1.807) is 12.1 Å². The summed E-state index contributed by atoms with van der Waals surface area (Å²) in [5.41, 5.74) is 0.417. The van der Waals surface area contributed by atoms with Crippen molar-refractivity contribution in [3.8, 4) is 5.75 Å². The number of hydrogen-bond acceptors (Lipinski definition) is 5. The highest BCUT2D eigenvalue weighted by Gasteiger charge is 2.16. The average molecular weight is 329 g/mol. The van der Waals surface area contributed by atoms with Crippen LogP contribution in [0.1, 0.15) is 24.2 Å². The Kier molecular flexibility index (Phi) is 6.90. The van der Waals surface area contributed by atoms with E-state index >= 15 is 0 Å². The Hall–Kier alpha value is -2.24. The number of benzene rings is 2. The van der Waals surface area contributed by atoms with Gasteiger partial charge in [-0.3, -0.25) is 9.59 Å². The number of fused-ring (bicyclic) bond motifs is 1. The summed E-state index contributed by atoms with van der Waals surface area (Å²) >= 11 is 0. The lowest BCUT2D eigenvalue weighted by atomic mass is 9.99. The number of hydrogen-bond donors (Lipinski definition) is 1. The molecule has 0 unspecified atom stereocenters. The van der Waals surface area contributed by atoms with Crippen molar-refractivity contribution >= 4 is 22.3 Å². The molecule has 0 fully saturated rings. The fourth-order valence-electron chi connectivity index (χ4n) is 2.43. The van der Waals surface area contributed by atoms with Gasteiger partial charge in [-0.2, -0.15) is 0 Å². The van der Waals surface area contributed by atoms with Crippen LogP contribution < -0.4 is 10.1 Å². The fourth-order valence-corrected chi connectivity index (χ4v) is 2.43. The highest BCUT2D eigenvalue weighted by molar-refractivity contribution is 6.45.